The van der Waals surface area contributed by atoms with Crippen molar-refractivity contribution < 1.29 is 19.8 Å². The van der Waals surface area contributed by atoms with Crippen molar-refractivity contribution in [1.29, 1.82) is 0 Å². The second-order valence-corrected chi connectivity index (χ2v) is 7.68. The van der Waals surface area contributed by atoms with Gasteiger partial charge in [0.25, 0.3) is 0 Å². The number of Topliss-reactive ketones (excluding diaryl/α,β-unsaturated/α-hetero) is 1. The van der Waals surface area contributed by atoms with Crippen molar-refractivity contribution in [3.8, 4) is 0 Å². The van der Waals surface area contributed by atoms with E-state index in [1.807, 2.05) is 26.0 Å². The third kappa shape index (κ3) is 2.34. The molecule has 0 aromatic carbocycles. The zero-order valence-corrected chi connectivity index (χ0v) is 14.6. The van der Waals surface area contributed by atoms with Gasteiger partial charge in [-0.1, -0.05) is 57.8 Å². The number of carbonyl (C=O) groups is 2. The topological polar surface area (TPSA) is 74.6 Å². The van der Waals surface area contributed by atoms with E-state index < -0.39 is 29.0 Å². The van der Waals surface area contributed by atoms with Crippen LogP contribution < -0.4 is 0 Å². The van der Waals surface area contributed by atoms with Crippen molar-refractivity contribution in [2.24, 2.45) is 23.7 Å². The molecule has 0 radical (unpaired) electrons. The molecule has 132 valence electrons. The molecule has 0 amide bonds. The summed E-state index contributed by atoms with van der Waals surface area (Å²) in [7, 11) is 0. The molecule has 0 spiro atoms. The molecule has 4 rings (SSSR count). The van der Waals surface area contributed by atoms with E-state index in [2.05, 4.69) is 0 Å². The van der Waals surface area contributed by atoms with Crippen molar-refractivity contribution in [3.63, 3.8) is 0 Å². The SMILES string of the molecule is CCCC[C@]1(O)C(=O)C=CC2C1[C@@H]1C=C[C@H]2C(=O)[C@@]1(O)CCCC. The summed E-state index contributed by atoms with van der Waals surface area (Å²) in [5.74, 6) is -1.92. The van der Waals surface area contributed by atoms with Crippen LogP contribution in [0.15, 0.2) is 24.3 Å². The highest BCUT2D eigenvalue weighted by Gasteiger charge is 2.65. The van der Waals surface area contributed by atoms with Crippen LogP contribution in [0.5, 0.6) is 0 Å². The Morgan fingerprint density at radius 1 is 0.958 bits per heavy atom. The van der Waals surface area contributed by atoms with Crippen LogP contribution in [0.3, 0.4) is 0 Å². The summed E-state index contributed by atoms with van der Waals surface area (Å²) >= 11 is 0. The Morgan fingerprint density at radius 2 is 1.58 bits per heavy atom. The van der Waals surface area contributed by atoms with Gasteiger partial charge in [0, 0.05) is 17.8 Å². The number of carbonyl (C=O) groups excluding carboxylic acids is 2. The summed E-state index contributed by atoms with van der Waals surface area (Å²) < 4.78 is 0. The lowest BCUT2D eigenvalue weighted by Crippen LogP contribution is -2.67. The van der Waals surface area contributed by atoms with Gasteiger partial charge in [-0.3, -0.25) is 9.59 Å². The van der Waals surface area contributed by atoms with Gasteiger partial charge in [0.2, 0.25) is 0 Å². The highest BCUT2D eigenvalue weighted by atomic mass is 16.3. The van der Waals surface area contributed by atoms with E-state index in [0.29, 0.717) is 12.8 Å². The van der Waals surface area contributed by atoms with Crippen LogP contribution in [-0.2, 0) is 9.59 Å². The molecule has 2 bridgehead atoms. The summed E-state index contributed by atoms with van der Waals surface area (Å²) in [5.41, 5.74) is -2.91. The Labute approximate surface area is 143 Å². The maximum Gasteiger partial charge on any atom is 0.187 e. The number of hydrogen-bond donors (Lipinski definition) is 2. The van der Waals surface area contributed by atoms with E-state index in [1.54, 1.807) is 6.08 Å². The first-order valence-electron chi connectivity index (χ1n) is 9.30. The van der Waals surface area contributed by atoms with Crippen molar-refractivity contribution in [3.05, 3.63) is 24.3 Å². The molecule has 6 atom stereocenters. The first-order chi connectivity index (χ1) is 11.4. The van der Waals surface area contributed by atoms with Crippen molar-refractivity contribution in [2.45, 2.75) is 63.6 Å². The lowest BCUT2D eigenvalue weighted by atomic mass is 9.48. The highest BCUT2D eigenvalue weighted by molar-refractivity contribution is 6.00. The van der Waals surface area contributed by atoms with Gasteiger partial charge in [0.15, 0.2) is 11.6 Å². The standard InChI is InChI=1S/C20H28O4/c1-3-5-11-19(23)15-9-7-14(18(19)22)13-8-10-16(21)20(24,17(13)15)12-6-4-2/h7-10,13-15,17,23-24H,3-6,11-12H2,1-2H3/t13?,14-,15+,17?,19-,20+/m1/s1. The minimum Gasteiger partial charge on any atom is -0.381 e. The van der Waals surface area contributed by atoms with E-state index in [0.717, 1.165) is 25.7 Å². The molecular formula is C20H28O4. The molecule has 4 aliphatic carbocycles. The van der Waals surface area contributed by atoms with Gasteiger partial charge in [-0.15, -0.1) is 0 Å². The first-order valence-corrected chi connectivity index (χ1v) is 9.30. The van der Waals surface area contributed by atoms with E-state index in [1.165, 1.54) is 6.08 Å². The summed E-state index contributed by atoms with van der Waals surface area (Å²) in [5, 5.41) is 22.5. The molecule has 4 heteroatoms. The Hall–Kier alpha value is -1.26. The van der Waals surface area contributed by atoms with Crippen LogP contribution in [0.2, 0.25) is 0 Å². The maximum absolute atomic E-state index is 12.9. The molecule has 2 N–H and O–H groups in total. The highest BCUT2D eigenvalue weighted by Crippen LogP contribution is 2.56. The number of rotatable bonds is 6. The molecule has 2 unspecified atom stereocenters. The van der Waals surface area contributed by atoms with E-state index in [-0.39, 0.29) is 17.5 Å². The van der Waals surface area contributed by atoms with Crippen LogP contribution in [-0.4, -0.2) is 33.0 Å². The number of aliphatic hydroxyl groups is 2. The third-order valence-electron chi connectivity index (χ3n) is 6.29. The largest absolute Gasteiger partial charge is 0.381 e. The average Bonchev–Trinajstić information content (AvgIpc) is 2.58. The maximum atomic E-state index is 12.9. The number of allylic oxidation sites excluding steroid dienone is 2. The van der Waals surface area contributed by atoms with Crippen molar-refractivity contribution >= 4 is 11.6 Å². The lowest BCUT2D eigenvalue weighted by molar-refractivity contribution is -0.183. The van der Waals surface area contributed by atoms with Gasteiger partial charge >= 0.3 is 0 Å². The number of ketones is 2. The smallest absolute Gasteiger partial charge is 0.187 e. The fourth-order valence-corrected chi connectivity index (χ4v) is 4.96. The van der Waals surface area contributed by atoms with E-state index in [4.69, 9.17) is 0 Å². The van der Waals surface area contributed by atoms with Gasteiger partial charge in [-0.05, 0) is 24.8 Å². The Bertz CT molecular complexity index is 592. The fourth-order valence-electron chi connectivity index (χ4n) is 4.96. The van der Waals surface area contributed by atoms with Gasteiger partial charge in [-0.25, -0.2) is 0 Å². The first kappa shape index (κ1) is 17.6. The molecule has 4 aliphatic rings. The molecular weight excluding hydrogens is 304 g/mol. The molecule has 0 aliphatic heterocycles. The van der Waals surface area contributed by atoms with E-state index in [9.17, 15) is 19.8 Å². The van der Waals surface area contributed by atoms with Crippen molar-refractivity contribution in [1.82, 2.24) is 0 Å². The molecule has 1 saturated carbocycles. The Morgan fingerprint density at radius 3 is 2.21 bits per heavy atom. The predicted octanol–water partition coefficient (Wildman–Crippen LogP) is 2.59. The molecule has 24 heavy (non-hydrogen) atoms. The minimum absolute atomic E-state index is 0.137. The Kier molecular flexibility index (Phi) is 4.56. The quantitative estimate of drug-likeness (QED) is 0.733. The summed E-state index contributed by atoms with van der Waals surface area (Å²) in [6.07, 6.45) is 11.1. The minimum atomic E-state index is -1.47. The molecule has 0 heterocycles. The lowest BCUT2D eigenvalue weighted by Gasteiger charge is -2.57. The predicted molar refractivity (Wildman–Crippen MR) is 91.2 cm³/mol. The molecule has 1 fully saturated rings. The van der Waals surface area contributed by atoms with Gasteiger partial charge in [0.1, 0.15) is 11.2 Å². The van der Waals surface area contributed by atoms with Crippen LogP contribution in [0.25, 0.3) is 0 Å². The van der Waals surface area contributed by atoms with Gasteiger partial charge in [-0.2, -0.15) is 0 Å². The van der Waals surface area contributed by atoms with Crippen LogP contribution in [0.1, 0.15) is 52.4 Å². The monoisotopic (exact) mass is 332 g/mol. The fraction of sp³-hybridized carbons (Fsp3) is 0.700. The normalized spacial score (nSPS) is 43.3. The van der Waals surface area contributed by atoms with Gasteiger partial charge < -0.3 is 10.2 Å². The number of fused-ring (bicyclic) bond motifs is 1. The number of hydrogen-bond acceptors (Lipinski definition) is 4. The van der Waals surface area contributed by atoms with Crippen LogP contribution in [0, 0.1) is 23.7 Å². The van der Waals surface area contributed by atoms with Crippen molar-refractivity contribution in [2.75, 3.05) is 0 Å². The molecule has 4 nitrogen and oxygen atoms in total. The molecule has 0 saturated heterocycles. The second kappa shape index (κ2) is 6.23. The average molecular weight is 332 g/mol. The van der Waals surface area contributed by atoms with Crippen LogP contribution >= 0.6 is 0 Å². The second-order valence-electron chi connectivity index (χ2n) is 7.68. The zero-order valence-electron chi connectivity index (χ0n) is 14.6. The zero-order chi connectivity index (χ0) is 17.5. The van der Waals surface area contributed by atoms with Gasteiger partial charge in [0.05, 0.1) is 0 Å². The molecule has 0 aromatic heterocycles. The summed E-state index contributed by atoms with van der Waals surface area (Å²) in [4.78, 5) is 25.4. The van der Waals surface area contributed by atoms with E-state index >= 15 is 0 Å². The van der Waals surface area contributed by atoms with Crippen LogP contribution in [0.4, 0.5) is 0 Å². The number of unbranched alkanes of at least 4 members (excludes halogenated alkanes) is 2. The Balaban J connectivity index is 2.03. The molecule has 0 aromatic rings. The third-order valence-corrected chi connectivity index (χ3v) is 6.29. The summed E-state index contributed by atoms with van der Waals surface area (Å²) in [6.45, 7) is 4.05. The summed E-state index contributed by atoms with van der Waals surface area (Å²) in [6, 6.07) is 0.